The predicted octanol–water partition coefficient (Wildman–Crippen LogP) is 14.2. The van der Waals surface area contributed by atoms with E-state index in [1.807, 2.05) is 0 Å². The number of alkyl halides is 3. The van der Waals surface area contributed by atoms with Crippen LogP contribution in [0.5, 0.6) is 0 Å². The molecule has 0 saturated heterocycles. The number of aromatic carboxylic acids is 1. The number of nitrogens with one attached hydrogen (secondary N) is 2. The van der Waals surface area contributed by atoms with Gasteiger partial charge in [0.05, 0.1) is 20.3 Å². The van der Waals surface area contributed by atoms with E-state index in [-0.39, 0.29) is 46.6 Å². The Hall–Kier alpha value is -5.96. The zero-order chi connectivity index (χ0) is 60.0. The molecule has 0 fully saturated rings. The number of nitrogens with two attached hydrogens (primary N) is 2. The number of carbonyl (C=O) groups excluding carboxylic acids is 3. The van der Waals surface area contributed by atoms with Gasteiger partial charge in [0, 0.05) is 78.5 Å². The number of aliphatic hydroxyl groups is 1. The zero-order valence-electron chi connectivity index (χ0n) is 45.8. The normalized spacial score (nSPS) is 11.0. The number of hydrogen-bond donors (Lipinski definition) is 6. The van der Waals surface area contributed by atoms with Crippen molar-refractivity contribution in [1.29, 1.82) is 0 Å². The van der Waals surface area contributed by atoms with E-state index >= 15 is 0 Å². The first-order valence-corrected chi connectivity index (χ1v) is 27.5. The molecule has 2 amide bonds. The van der Waals surface area contributed by atoms with Gasteiger partial charge in [-0.15, -0.1) is 0 Å². The molecule has 0 aliphatic rings. The highest BCUT2D eigenvalue weighted by Gasteiger charge is 2.15. The second kappa shape index (κ2) is 48.2. The molecule has 4 rings (SSSR count). The number of aliphatic hydroxyl groups excluding tert-OH is 1. The summed E-state index contributed by atoms with van der Waals surface area (Å²) in [5, 5.41) is 52.3. The van der Waals surface area contributed by atoms with Crippen LogP contribution in [0.25, 0.3) is 0 Å². The number of rotatable bonds is 24. The summed E-state index contributed by atoms with van der Waals surface area (Å²) in [6.45, 7) is 17.2. The molecule has 4 aromatic rings. The minimum absolute atomic E-state index is 0.0303. The van der Waals surface area contributed by atoms with Crippen LogP contribution in [0.2, 0.25) is 0 Å². The van der Waals surface area contributed by atoms with Crippen LogP contribution < -0.4 is 22.1 Å². The highest BCUT2D eigenvalue weighted by Crippen LogP contribution is 2.18. The van der Waals surface area contributed by atoms with Gasteiger partial charge in [-0.2, -0.15) is 0 Å². The van der Waals surface area contributed by atoms with Gasteiger partial charge in [0.2, 0.25) is 0 Å². The number of nitro groups is 3. The first-order valence-electron chi connectivity index (χ1n) is 25.8. The number of nitrogen functional groups attached to an aromatic ring is 1. The van der Waals surface area contributed by atoms with Crippen LogP contribution in [0.4, 0.5) is 22.7 Å². The van der Waals surface area contributed by atoms with Crippen molar-refractivity contribution in [1.82, 2.24) is 10.6 Å². The van der Waals surface area contributed by atoms with Crippen molar-refractivity contribution in [2.24, 2.45) is 23.5 Å². The molecule has 0 spiro atoms. The minimum atomic E-state index is -1.17. The molecular weight excluding hydrogens is 1090 g/mol. The number of amides is 2. The largest absolute Gasteiger partial charge is 0.478 e. The van der Waals surface area contributed by atoms with Gasteiger partial charge >= 0.3 is 5.97 Å². The van der Waals surface area contributed by atoms with Crippen LogP contribution >= 0.6 is 46.4 Å². The Morgan fingerprint density at radius 2 is 0.859 bits per heavy atom. The first-order chi connectivity index (χ1) is 37.0. The lowest BCUT2D eigenvalue weighted by molar-refractivity contribution is -0.385. The molecule has 0 aromatic heterocycles. The number of nitro benzene ring substituents is 3. The monoisotopic (exact) mass is 1170 g/mol. The summed E-state index contributed by atoms with van der Waals surface area (Å²) in [5.74, 6) is 0.386. The van der Waals surface area contributed by atoms with Gasteiger partial charge < -0.3 is 32.3 Å². The maximum Gasteiger partial charge on any atom is 0.335 e. The lowest BCUT2D eigenvalue weighted by Crippen LogP contribution is -2.29. The highest BCUT2D eigenvalue weighted by molar-refractivity contribution is 6.67. The number of benzene rings is 4. The van der Waals surface area contributed by atoms with E-state index in [9.17, 15) is 49.5 Å². The molecule has 436 valence electrons. The summed E-state index contributed by atoms with van der Waals surface area (Å²) in [6, 6.07) is 23.1. The van der Waals surface area contributed by atoms with Crippen molar-refractivity contribution in [3.63, 3.8) is 0 Å². The summed E-state index contributed by atoms with van der Waals surface area (Å²) in [5.41, 5.74) is 12.4. The molecule has 0 bridgehead atoms. The van der Waals surface area contributed by atoms with Crippen LogP contribution in [0.1, 0.15) is 167 Å². The molecule has 0 radical (unpaired) electrons. The molecule has 0 saturated carbocycles. The number of nitrogens with zero attached hydrogens (tertiary/aromatic N) is 3. The number of carbonyl (C=O) groups is 4. The first kappa shape index (κ1) is 76.3. The Balaban J connectivity index is -0.000000894. The molecule has 0 aliphatic carbocycles. The van der Waals surface area contributed by atoms with Crippen molar-refractivity contribution in [2.45, 2.75) is 130 Å². The lowest BCUT2D eigenvalue weighted by Gasteiger charge is -2.15. The fourth-order valence-electron chi connectivity index (χ4n) is 6.48. The van der Waals surface area contributed by atoms with E-state index in [0.29, 0.717) is 35.2 Å². The molecule has 0 aliphatic heterocycles. The SMILES string of the molecule is CCCCC(CC)CN.CCCCC(CC)CNC(=O)c1cccc(N)c1.CCCCC(CC)CNC(=O)c1cccc([N+](=O)[O-])c1.CCO.ClC(Cl)Cl.O=C(Cl)c1cccc([N+](=O)[O-])c1.O=C(O)c1cccc([N+](=O)[O-])c1. The highest BCUT2D eigenvalue weighted by atomic mass is 35.6. The molecule has 23 heteroatoms. The van der Waals surface area contributed by atoms with Gasteiger partial charge in [0.1, 0.15) is 0 Å². The van der Waals surface area contributed by atoms with Crippen LogP contribution in [-0.4, -0.2) is 78.5 Å². The Morgan fingerprint density at radius 1 is 0.551 bits per heavy atom. The summed E-state index contributed by atoms with van der Waals surface area (Å²) in [7, 11) is 0. The number of halogens is 4. The fourth-order valence-corrected chi connectivity index (χ4v) is 6.60. The summed E-state index contributed by atoms with van der Waals surface area (Å²) in [4.78, 5) is 74.2. The van der Waals surface area contributed by atoms with E-state index < -0.39 is 30.3 Å². The molecule has 3 atom stereocenters. The van der Waals surface area contributed by atoms with E-state index in [4.69, 9.17) is 68.1 Å². The molecule has 4 aromatic carbocycles. The second-order valence-corrected chi connectivity index (χ2v) is 19.4. The molecule has 78 heavy (non-hydrogen) atoms. The average Bonchev–Trinajstić information content (AvgIpc) is 3.42. The molecular formula is C55H81Cl4N7O12. The number of hydrogen-bond acceptors (Lipinski definition) is 13. The Labute approximate surface area is 479 Å². The third kappa shape index (κ3) is 39.4. The Morgan fingerprint density at radius 3 is 1.17 bits per heavy atom. The van der Waals surface area contributed by atoms with Gasteiger partial charge in [-0.3, -0.25) is 44.7 Å². The summed E-state index contributed by atoms with van der Waals surface area (Å²) in [6.07, 6.45) is 14.4. The average molecular weight is 1170 g/mol. The number of non-ortho nitro benzene ring substituents is 3. The molecule has 19 nitrogen and oxygen atoms in total. The number of carboxylic acid groups (broad SMARTS) is 1. The smallest absolute Gasteiger partial charge is 0.335 e. The summed E-state index contributed by atoms with van der Waals surface area (Å²) >= 11 is 19.5. The van der Waals surface area contributed by atoms with Crippen molar-refractivity contribution < 1.29 is 44.2 Å². The minimum Gasteiger partial charge on any atom is -0.478 e. The van der Waals surface area contributed by atoms with Gasteiger partial charge in [0.25, 0.3) is 34.1 Å². The standard InChI is InChI=1S/C15H22N2O3.C15H24N2O.C8H19N.C7H4ClNO3.C7H5NO4.C2H6O.CHCl3/c1-3-5-7-12(4-2)11-16-15(18)13-8-6-9-14(10-13)17(19)20;1-3-5-7-12(4-2)11-17-15(18)13-8-6-9-14(16)10-13;1-3-5-6-8(4-2)7-9;8-7(10)5-2-1-3-6(4-5)9(11)12;9-7(10)5-2-1-3-6(4-5)8(11)12;1-2-3;2-1(3)4/h6,8-10,12H,3-5,7,11H2,1-2H3,(H,16,18);6,8-10,12H,3-5,7,11,16H2,1-2H3,(H,17,18);8H,3-7,9H2,1-2H3;1-4H;1-4H,(H,9,10);3H,2H2,1H3;1H. The molecule has 0 heterocycles. The maximum atomic E-state index is 12.0. The van der Waals surface area contributed by atoms with Crippen LogP contribution in [-0.2, 0) is 0 Å². The third-order valence-electron chi connectivity index (χ3n) is 11.1. The predicted molar refractivity (Wildman–Crippen MR) is 315 cm³/mol. The maximum absolute atomic E-state index is 12.0. The van der Waals surface area contributed by atoms with Crippen LogP contribution in [0.15, 0.2) is 97.1 Å². The Kier molecular flexibility index (Phi) is 47.1. The number of anilines is 1. The van der Waals surface area contributed by atoms with Crippen molar-refractivity contribution in [2.75, 3.05) is 32.0 Å². The zero-order valence-corrected chi connectivity index (χ0v) is 48.9. The van der Waals surface area contributed by atoms with Crippen LogP contribution in [0.3, 0.4) is 0 Å². The topological polar surface area (TPSA) is 314 Å². The fraction of sp³-hybridized carbons (Fsp3) is 0.491. The van der Waals surface area contributed by atoms with E-state index in [1.54, 1.807) is 37.3 Å². The van der Waals surface area contributed by atoms with Gasteiger partial charge in [0.15, 0.2) is 4.30 Å². The van der Waals surface area contributed by atoms with Crippen molar-refractivity contribution >= 4 is 92.2 Å². The molecule has 8 N–H and O–H groups in total. The molecule has 3 unspecified atom stereocenters. The summed E-state index contributed by atoms with van der Waals surface area (Å²) < 4.78 is -0.750. The number of carboxylic acids is 1. The quantitative estimate of drug-likeness (QED) is 0.0125. The number of unbranched alkanes of at least 4 members (excludes halogenated alkanes) is 3. The van der Waals surface area contributed by atoms with Crippen molar-refractivity contribution in [3.05, 3.63) is 150 Å². The Bertz CT molecular complexity index is 2200. The van der Waals surface area contributed by atoms with Crippen LogP contribution in [0, 0.1) is 48.1 Å². The van der Waals surface area contributed by atoms with E-state index in [2.05, 4.69) is 52.2 Å². The van der Waals surface area contributed by atoms with E-state index in [1.165, 1.54) is 99.5 Å². The second-order valence-electron chi connectivity index (χ2n) is 17.1. The lowest BCUT2D eigenvalue weighted by atomic mass is 9.99. The van der Waals surface area contributed by atoms with Gasteiger partial charge in [-0.1, -0.05) is 158 Å². The van der Waals surface area contributed by atoms with Crippen molar-refractivity contribution in [3.8, 4) is 0 Å². The third-order valence-corrected chi connectivity index (χ3v) is 11.3. The van der Waals surface area contributed by atoms with Gasteiger partial charge in [-0.25, -0.2) is 4.79 Å². The van der Waals surface area contributed by atoms with E-state index in [0.717, 1.165) is 63.2 Å². The van der Waals surface area contributed by atoms with Gasteiger partial charge in [-0.05, 0) is 98.5 Å².